The van der Waals surface area contributed by atoms with Crippen LogP contribution in [0.15, 0.2) is 22.7 Å². The zero-order chi connectivity index (χ0) is 20.0. The minimum Gasteiger partial charge on any atom is -0.497 e. The molecule has 5 rings (SSSR count). The van der Waals surface area contributed by atoms with Crippen LogP contribution >= 0.6 is 0 Å². The minimum absolute atomic E-state index is 0.285. The van der Waals surface area contributed by atoms with E-state index in [1.165, 1.54) is 19.3 Å². The summed E-state index contributed by atoms with van der Waals surface area (Å²) in [6.07, 6.45) is 6.30. The highest BCUT2D eigenvalue weighted by molar-refractivity contribution is 5.85. The molecule has 1 saturated heterocycles. The SMILES string of the molecule is COc1ccc2c(c1)c(C(C)C)nn2-c1noc(C2CCN(C3CCC3)CC2)n1. The van der Waals surface area contributed by atoms with Gasteiger partial charge in [0.25, 0.3) is 5.95 Å². The molecule has 154 valence electrons. The highest BCUT2D eigenvalue weighted by Gasteiger charge is 2.31. The molecule has 2 fully saturated rings. The summed E-state index contributed by atoms with van der Waals surface area (Å²) < 4.78 is 12.9. The van der Waals surface area contributed by atoms with E-state index in [4.69, 9.17) is 19.3 Å². The number of rotatable bonds is 5. The lowest BCUT2D eigenvalue weighted by atomic mass is 9.88. The van der Waals surface area contributed by atoms with E-state index in [2.05, 4.69) is 23.9 Å². The largest absolute Gasteiger partial charge is 0.497 e. The summed E-state index contributed by atoms with van der Waals surface area (Å²) in [7, 11) is 1.68. The van der Waals surface area contributed by atoms with Gasteiger partial charge in [-0.3, -0.25) is 0 Å². The van der Waals surface area contributed by atoms with E-state index in [1.54, 1.807) is 11.8 Å². The van der Waals surface area contributed by atoms with Crippen LogP contribution in [0.1, 0.15) is 69.4 Å². The number of hydrogen-bond acceptors (Lipinski definition) is 6. The van der Waals surface area contributed by atoms with Gasteiger partial charge in [-0.1, -0.05) is 20.3 Å². The summed E-state index contributed by atoms with van der Waals surface area (Å²) in [6, 6.07) is 6.81. The molecule has 0 spiro atoms. The summed E-state index contributed by atoms with van der Waals surface area (Å²) in [6.45, 7) is 6.55. The van der Waals surface area contributed by atoms with Crippen LogP contribution in [0.25, 0.3) is 16.9 Å². The van der Waals surface area contributed by atoms with Crippen molar-refractivity contribution in [1.29, 1.82) is 0 Å². The van der Waals surface area contributed by atoms with Gasteiger partial charge < -0.3 is 14.2 Å². The Labute approximate surface area is 171 Å². The first kappa shape index (κ1) is 18.6. The molecule has 2 aliphatic rings. The van der Waals surface area contributed by atoms with Gasteiger partial charge in [-0.2, -0.15) is 14.8 Å². The van der Waals surface area contributed by atoms with Crippen LogP contribution in [0, 0.1) is 0 Å². The van der Waals surface area contributed by atoms with Crippen LogP contribution in [-0.2, 0) is 0 Å². The van der Waals surface area contributed by atoms with Gasteiger partial charge in [-0.25, -0.2) is 0 Å². The van der Waals surface area contributed by atoms with E-state index in [0.29, 0.717) is 11.9 Å². The first-order chi connectivity index (χ1) is 14.1. The van der Waals surface area contributed by atoms with E-state index >= 15 is 0 Å². The number of ether oxygens (including phenoxy) is 1. The number of aromatic nitrogens is 4. The molecule has 0 atom stereocenters. The van der Waals surface area contributed by atoms with Gasteiger partial charge in [-0.05, 0) is 68.0 Å². The second kappa shape index (κ2) is 7.44. The molecule has 2 aromatic heterocycles. The van der Waals surface area contributed by atoms with Crippen LogP contribution in [0.4, 0.5) is 0 Å². The van der Waals surface area contributed by atoms with Gasteiger partial charge in [0.05, 0.1) is 18.3 Å². The molecular formula is C22H29N5O2. The zero-order valence-corrected chi connectivity index (χ0v) is 17.5. The van der Waals surface area contributed by atoms with Gasteiger partial charge >= 0.3 is 0 Å². The molecule has 1 aromatic carbocycles. The van der Waals surface area contributed by atoms with E-state index in [9.17, 15) is 0 Å². The number of fused-ring (bicyclic) bond motifs is 1. The topological polar surface area (TPSA) is 69.2 Å². The third kappa shape index (κ3) is 3.31. The van der Waals surface area contributed by atoms with E-state index in [-0.39, 0.29) is 5.92 Å². The van der Waals surface area contributed by atoms with Crippen molar-refractivity contribution in [3.8, 4) is 11.7 Å². The highest BCUT2D eigenvalue weighted by atomic mass is 16.5. The third-order valence-corrected chi connectivity index (χ3v) is 6.55. The Balaban J connectivity index is 1.41. The number of piperidine rings is 1. The lowest BCUT2D eigenvalue weighted by molar-refractivity contribution is 0.0923. The smallest absolute Gasteiger partial charge is 0.291 e. The van der Waals surface area contributed by atoms with Gasteiger partial charge in [0.15, 0.2) is 0 Å². The average Bonchev–Trinajstić information content (AvgIpc) is 3.31. The third-order valence-electron chi connectivity index (χ3n) is 6.55. The molecule has 0 unspecified atom stereocenters. The number of nitrogens with zero attached hydrogens (tertiary/aromatic N) is 5. The lowest BCUT2D eigenvalue weighted by Crippen LogP contribution is -2.44. The second-order valence-corrected chi connectivity index (χ2v) is 8.66. The first-order valence-corrected chi connectivity index (χ1v) is 10.8. The fraction of sp³-hybridized carbons (Fsp3) is 0.591. The maximum atomic E-state index is 5.69. The number of likely N-dealkylation sites (tertiary alicyclic amines) is 1. The molecule has 29 heavy (non-hydrogen) atoms. The minimum atomic E-state index is 0.285. The Morgan fingerprint density at radius 1 is 1.14 bits per heavy atom. The average molecular weight is 396 g/mol. The zero-order valence-electron chi connectivity index (χ0n) is 17.5. The van der Waals surface area contributed by atoms with Crippen molar-refractivity contribution in [3.63, 3.8) is 0 Å². The number of hydrogen-bond donors (Lipinski definition) is 0. The maximum absolute atomic E-state index is 5.69. The fourth-order valence-corrected chi connectivity index (χ4v) is 4.57. The standard InChI is InChI=1S/C22H29N5O2/c1-14(2)20-18-13-17(28-3)7-8-19(18)27(24-20)22-23-21(29-25-22)15-9-11-26(12-10-15)16-5-4-6-16/h7-8,13-16H,4-6,9-12H2,1-3H3. The van der Waals surface area contributed by atoms with Crippen LogP contribution in [0.5, 0.6) is 5.75 Å². The Bertz CT molecular complexity index is 996. The maximum Gasteiger partial charge on any atom is 0.291 e. The van der Waals surface area contributed by atoms with Crippen molar-refractivity contribution in [2.75, 3.05) is 20.2 Å². The Morgan fingerprint density at radius 3 is 2.59 bits per heavy atom. The van der Waals surface area contributed by atoms with Gasteiger partial charge in [0.1, 0.15) is 5.75 Å². The quantitative estimate of drug-likeness (QED) is 0.642. The van der Waals surface area contributed by atoms with E-state index in [1.807, 2.05) is 18.2 Å². The second-order valence-electron chi connectivity index (χ2n) is 8.66. The van der Waals surface area contributed by atoms with Crippen LogP contribution in [-0.4, -0.2) is 51.1 Å². The Hall–Kier alpha value is -2.41. The van der Waals surface area contributed by atoms with Crippen molar-refractivity contribution >= 4 is 10.9 Å². The van der Waals surface area contributed by atoms with Crippen LogP contribution < -0.4 is 4.74 Å². The molecule has 3 heterocycles. The van der Waals surface area contributed by atoms with Crippen molar-refractivity contribution in [1.82, 2.24) is 24.8 Å². The molecule has 1 aliphatic heterocycles. The van der Waals surface area contributed by atoms with Crippen molar-refractivity contribution in [2.45, 2.75) is 63.8 Å². The molecule has 1 saturated carbocycles. The summed E-state index contributed by atoms with van der Waals surface area (Å²) in [5.41, 5.74) is 1.99. The summed E-state index contributed by atoms with van der Waals surface area (Å²) in [5.74, 6) is 2.72. The molecular weight excluding hydrogens is 366 g/mol. The Morgan fingerprint density at radius 2 is 1.93 bits per heavy atom. The monoisotopic (exact) mass is 395 g/mol. The van der Waals surface area contributed by atoms with E-state index in [0.717, 1.165) is 60.2 Å². The van der Waals surface area contributed by atoms with Crippen molar-refractivity contribution < 1.29 is 9.26 Å². The molecule has 3 aromatic rings. The predicted molar refractivity (Wildman–Crippen MR) is 111 cm³/mol. The molecule has 7 nitrogen and oxygen atoms in total. The predicted octanol–water partition coefficient (Wildman–Crippen LogP) is 4.27. The van der Waals surface area contributed by atoms with Gasteiger partial charge in [-0.15, -0.1) is 0 Å². The fourth-order valence-electron chi connectivity index (χ4n) is 4.57. The molecule has 0 amide bonds. The lowest BCUT2D eigenvalue weighted by Gasteiger charge is -2.41. The number of methoxy groups -OCH3 is 1. The van der Waals surface area contributed by atoms with Gasteiger partial charge in [0.2, 0.25) is 5.89 Å². The normalized spacial score (nSPS) is 19.2. The molecule has 0 radical (unpaired) electrons. The summed E-state index contributed by atoms with van der Waals surface area (Å²) >= 11 is 0. The highest BCUT2D eigenvalue weighted by Crippen LogP contribution is 2.34. The van der Waals surface area contributed by atoms with Crippen molar-refractivity contribution in [2.24, 2.45) is 0 Å². The number of benzene rings is 1. The molecule has 1 aliphatic carbocycles. The molecule has 0 bridgehead atoms. The van der Waals surface area contributed by atoms with Crippen LogP contribution in [0.2, 0.25) is 0 Å². The summed E-state index contributed by atoms with van der Waals surface area (Å²) in [5, 5.41) is 10.2. The Kier molecular flexibility index (Phi) is 4.78. The van der Waals surface area contributed by atoms with Crippen molar-refractivity contribution in [3.05, 3.63) is 29.8 Å². The molecule has 7 heteroatoms. The first-order valence-electron chi connectivity index (χ1n) is 10.8. The van der Waals surface area contributed by atoms with Gasteiger partial charge in [0, 0.05) is 17.3 Å². The van der Waals surface area contributed by atoms with E-state index < -0.39 is 0 Å². The molecule has 0 N–H and O–H groups in total. The summed E-state index contributed by atoms with van der Waals surface area (Å²) in [4.78, 5) is 7.39. The van der Waals surface area contributed by atoms with Crippen LogP contribution in [0.3, 0.4) is 0 Å².